The molecule has 0 bridgehead atoms. The molecule has 0 saturated heterocycles. The predicted molar refractivity (Wildman–Crippen MR) is 83.2 cm³/mol. The Labute approximate surface area is 130 Å². The van der Waals surface area contributed by atoms with Crippen LogP contribution in [0.1, 0.15) is 11.1 Å². The second-order valence-corrected chi connectivity index (χ2v) is 6.91. The second-order valence-electron chi connectivity index (χ2n) is 4.33. The van der Waals surface area contributed by atoms with Crippen molar-refractivity contribution in [3.05, 3.63) is 63.9 Å². The first kappa shape index (κ1) is 15.7. The lowest BCUT2D eigenvalue weighted by molar-refractivity contribution is 0.584. The van der Waals surface area contributed by atoms with Crippen LogP contribution >= 0.6 is 15.9 Å². The number of hydrogen-bond acceptors (Lipinski definition) is 3. The van der Waals surface area contributed by atoms with E-state index in [4.69, 9.17) is 0 Å². The van der Waals surface area contributed by atoms with E-state index in [2.05, 4.69) is 21.0 Å². The largest absolute Gasteiger partial charge is 0.276 e. The van der Waals surface area contributed by atoms with E-state index >= 15 is 0 Å². The van der Waals surface area contributed by atoms with Crippen molar-refractivity contribution in [2.24, 2.45) is 5.10 Å². The topological polar surface area (TPSA) is 58.5 Å². The number of nitrogens with one attached hydrogen (secondary N) is 1. The van der Waals surface area contributed by atoms with Crippen LogP contribution in [0.4, 0.5) is 4.39 Å². The number of benzene rings is 2. The zero-order chi connectivity index (χ0) is 15.5. The molecule has 0 atom stereocenters. The van der Waals surface area contributed by atoms with Gasteiger partial charge in [-0.25, -0.2) is 9.22 Å². The molecule has 0 saturated carbocycles. The molecule has 0 aliphatic rings. The van der Waals surface area contributed by atoms with Crippen molar-refractivity contribution >= 4 is 32.2 Å². The molecule has 0 radical (unpaired) electrons. The van der Waals surface area contributed by atoms with Crippen LogP contribution in [0, 0.1) is 12.7 Å². The summed E-state index contributed by atoms with van der Waals surface area (Å²) in [4.78, 5) is 2.15. The minimum absolute atomic E-state index is 0.0972. The van der Waals surface area contributed by atoms with Crippen LogP contribution in [0.2, 0.25) is 0 Å². The number of halogens is 2. The van der Waals surface area contributed by atoms with Crippen molar-refractivity contribution in [2.75, 3.05) is 0 Å². The number of aryl methyl sites for hydroxylation is 1. The van der Waals surface area contributed by atoms with Gasteiger partial charge in [0, 0.05) is 10.0 Å². The van der Waals surface area contributed by atoms with Crippen LogP contribution < -0.4 is 4.83 Å². The standard InChI is InChI=1S/C14H12BrFN2O2S/c1-10-2-5-13(6-3-10)21(19,20)18-17-9-11-8-12(15)4-7-14(11)16/h2-9,18H,1H3/b17-9-. The first-order valence-electron chi connectivity index (χ1n) is 5.95. The van der Waals surface area contributed by atoms with Crippen molar-refractivity contribution in [1.29, 1.82) is 0 Å². The molecule has 0 amide bonds. The molecule has 2 rings (SSSR count). The van der Waals surface area contributed by atoms with Gasteiger partial charge < -0.3 is 0 Å². The van der Waals surface area contributed by atoms with Gasteiger partial charge in [-0.15, -0.1) is 0 Å². The smallest absolute Gasteiger partial charge is 0.206 e. The quantitative estimate of drug-likeness (QED) is 0.663. The Bertz CT molecular complexity index is 774. The summed E-state index contributed by atoms with van der Waals surface area (Å²) in [5.74, 6) is -0.489. The van der Waals surface area contributed by atoms with Gasteiger partial charge in [-0.3, -0.25) is 0 Å². The lowest BCUT2D eigenvalue weighted by Gasteiger charge is -2.03. The molecular weight excluding hydrogens is 359 g/mol. The van der Waals surface area contributed by atoms with E-state index in [1.807, 2.05) is 11.8 Å². The highest BCUT2D eigenvalue weighted by Crippen LogP contribution is 2.14. The summed E-state index contributed by atoms with van der Waals surface area (Å²) in [5, 5.41) is 3.59. The second kappa shape index (κ2) is 6.36. The van der Waals surface area contributed by atoms with Crippen LogP contribution in [0.3, 0.4) is 0 Å². The molecule has 2 aromatic rings. The van der Waals surface area contributed by atoms with Crippen LogP contribution in [0.25, 0.3) is 0 Å². The fourth-order valence-electron chi connectivity index (χ4n) is 1.55. The zero-order valence-electron chi connectivity index (χ0n) is 11.0. The Morgan fingerprint density at radius 2 is 1.86 bits per heavy atom. The van der Waals surface area contributed by atoms with Gasteiger partial charge in [0.15, 0.2) is 0 Å². The lowest BCUT2D eigenvalue weighted by atomic mass is 10.2. The van der Waals surface area contributed by atoms with Gasteiger partial charge in [0.25, 0.3) is 10.0 Å². The Morgan fingerprint density at radius 1 is 1.19 bits per heavy atom. The predicted octanol–water partition coefficient (Wildman–Crippen LogP) is 3.21. The Hall–Kier alpha value is -1.73. The molecule has 0 aliphatic carbocycles. The van der Waals surface area contributed by atoms with Crippen molar-refractivity contribution in [3.8, 4) is 0 Å². The molecule has 2 aromatic carbocycles. The van der Waals surface area contributed by atoms with Crippen molar-refractivity contribution in [3.63, 3.8) is 0 Å². The molecule has 0 spiro atoms. The Morgan fingerprint density at radius 3 is 2.52 bits per heavy atom. The highest BCUT2D eigenvalue weighted by Gasteiger charge is 2.11. The van der Waals surface area contributed by atoms with Crippen molar-refractivity contribution < 1.29 is 12.8 Å². The number of sulfonamides is 1. The molecule has 0 fully saturated rings. The maximum Gasteiger partial charge on any atom is 0.276 e. The Kier molecular flexibility index (Phi) is 4.74. The fraction of sp³-hybridized carbons (Fsp3) is 0.0714. The SMILES string of the molecule is Cc1ccc(S(=O)(=O)N/N=C\c2cc(Br)ccc2F)cc1. The molecule has 21 heavy (non-hydrogen) atoms. The summed E-state index contributed by atoms with van der Waals surface area (Å²) < 4.78 is 38.1. The molecule has 1 N–H and O–H groups in total. The van der Waals surface area contributed by atoms with Crippen LogP contribution in [0.15, 0.2) is 56.9 Å². The monoisotopic (exact) mass is 370 g/mol. The van der Waals surface area contributed by atoms with E-state index in [9.17, 15) is 12.8 Å². The normalized spacial score (nSPS) is 11.8. The number of nitrogens with zero attached hydrogens (tertiary/aromatic N) is 1. The third-order valence-electron chi connectivity index (χ3n) is 2.67. The van der Waals surface area contributed by atoms with Crippen LogP contribution in [-0.2, 0) is 10.0 Å². The summed E-state index contributed by atoms with van der Waals surface area (Å²) in [6.07, 6.45) is 1.12. The molecule has 0 aromatic heterocycles. The van der Waals surface area contributed by atoms with Gasteiger partial charge >= 0.3 is 0 Å². The maximum absolute atomic E-state index is 13.5. The average molecular weight is 371 g/mol. The van der Waals surface area contributed by atoms with Crippen LogP contribution in [-0.4, -0.2) is 14.6 Å². The summed E-state index contributed by atoms with van der Waals surface area (Å²) in [5.41, 5.74) is 1.13. The molecular formula is C14H12BrFN2O2S. The molecule has 0 unspecified atom stereocenters. The van der Waals surface area contributed by atoms with Crippen molar-refractivity contribution in [1.82, 2.24) is 4.83 Å². The molecule has 4 nitrogen and oxygen atoms in total. The summed E-state index contributed by atoms with van der Waals surface area (Å²) in [7, 11) is -3.75. The molecule has 0 heterocycles. The van der Waals surface area contributed by atoms with Crippen molar-refractivity contribution in [2.45, 2.75) is 11.8 Å². The molecule has 7 heteroatoms. The number of hydrogen-bond donors (Lipinski definition) is 1. The first-order chi connectivity index (χ1) is 9.88. The van der Waals surface area contributed by atoms with E-state index < -0.39 is 15.8 Å². The third-order valence-corrected chi connectivity index (χ3v) is 4.40. The van der Waals surface area contributed by atoms with Gasteiger partial charge in [0.05, 0.1) is 11.1 Å². The zero-order valence-corrected chi connectivity index (χ0v) is 13.4. The average Bonchev–Trinajstić information content (AvgIpc) is 2.43. The highest BCUT2D eigenvalue weighted by molar-refractivity contribution is 9.10. The van der Waals surface area contributed by atoms with E-state index in [0.29, 0.717) is 4.47 Å². The van der Waals surface area contributed by atoms with Gasteiger partial charge in [0.2, 0.25) is 0 Å². The Balaban J connectivity index is 2.16. The minimum Gasteiger partial charge on any atom is -0.206 e. The maximum atomic E-state index is 13.5. The van der Waals surface area contributed by atoms with E-state index in [0.717, 1.165) is 11.8 Å². The fourth-order valence-corrected chi connectivity index (χ4v) is 2.72. The van der Waals surface area contributed by atoms with Gasteiger partial charge in [0.1, 0.15) is 5.82 Å². The number of hydrazone groups is 1. The molecule has 0 aliphatic heterocycles. The number of rotatable bonds is 4. The van der Waals surface area contributed by atoms with Gasteiger partial charge in [-0.1, -0.05) is 33.6 Å². The lowest BCUT2D eigenvalue weighted by Crippen LogP contribution is -2.18. The highest BCUT2D eigenvalue weighted by atomic mass is 79.9. The van der Waals surface area contributed by atoms with E-state index in [1.54, 1.807) is 18.2 Å². The van der Waals surface area contributed by atoms with E-state index in [1.165, 1.54) is 24.3 Å². The van der Waals surface area contributed by atoms with Crippen LogP contribution in [0.5, 0.6) is 0 Å². The first-order valence-corrected chi connectivity index (χ1v) is 8.23. The minimum atomic E-state index is -3.75. The van der Waals surface area contributed by atoms with Gasteiger partial charge in [-0.05, 0) is 37.3 Å². The summed E-state index contributed by atoms with van der Waals surface area (Å²) >= 11 is 3.20. The summed E-state index contributed by atoms with van der Waals surface area (Å²) in [6, 6.07) is 10.6. The summed E-state index contributed by atoms with van der Waals surface area (Å²) in [6.45, 7) is 1.86. The molecule has 110 valence electrons. The van der Waals surface area contributed by atoms with Gasteiger partial charge in [-0.2, -0.15) is 13.5 Å². The van der Waals surface area contributed by atoms with E-state index in [-0.39, 0.29) is 10.5 Å². The third kappa shape index (κ3) is 4.12.